The maximum Gasteiger partial charge on any atom is 0.363 e. The summed E-state index contributed by atoms with van der Waals surface area (Å²) in [5, 5.41) is 2.78. The van der Waals surface area contributed by atoms with Crippen LogP contribution in [0.25, 0.3) is 16.6 Å². The lowest BCUT2D eigenvalue weighted by molar-refractivity contribution is -0.129. The van der Waals surface area contributed by atoms with Crippen LogP contribution in [0.2, 0.25) is 0 Å². The molecule has 0 spiro atoms. The van der Waals surface area contributed by atoms with E-state index in [0.717, 1.165) is 10.6 Å². The Morgan fingerprint density at radius 2 is 1.88 bits per heavy atom. The van der Waals surface area contributed by atoms with Crippen LogP contribution in [0.4, 0.5) is 0 Å². The first kappa shape index (κ1) is 16.2. The van der Waals surface area contributed by atoms with Crippen molar-refractivity contribution in [3.05, 3.63) is 76.9 Å². The average molecular weight is 362 g/mol. The zero-order valence-electron chi connectivity index (χ0n) is 13.9. The second-order valence-electron chi connectivity index (χ2n) is 5.51. The molecule has 1 aliphatic heterocycles. The van der Waals surface area contributed by atoms with Crippen LogP contribution < -0.4 is 4.74 Å². The Labute approximate surface area is 154 Å². The molecule has 1 aromatic heterocycles. The van der Waals surface area contributed by atoms with E-state index in [1.165, 1.54) is 11.3 Å². The van der Waals surface area contributed by atoms with Crippen molar-refractivity contribution >= 4 is 29.3 Å². The zero-order valence-corrected chi connectivity index (χ0v) is 14.7. The molecule has 0 saturated heterocycles. The van der Waals surface area contributed by atoms with Gasteiger partial charge in [-0.25, -0.2) is 14.8 Å². The minimum absolute atomic E-state index is 0.229. The number of thiazole rings is 1. The van der Waals surface area contributed by atoms with E-state index in [1.54, 1.807) is 19.3 Å². The zero-order chi connectivity index (χ0) is 17.9. The highest BCUT2D eigenvalue weighted by molar-refractivity contribution is 7.13. The monoisotopic (exact) mass is 362 g/mol. The van der Waals surface area contributed by atoms with Crippen molar-refractivity contribution in [3.63, 3.8) is 0 Å². The molecule has 26 heavy (non-hydrogen) atoms. The number of cyclic esters (lactones) is 1. The summed E-state index contributed by atoms with van der Waals surface area (Å²) in [5.74, 6) is 0.446. The third-order valence-corrected chi connectivity index (χ3v) is 4.67. The topological polar surface area (TPSA) is 60.8 Å². The maximum absolute atomic E-state index is 12.1. The summed E-state index contributed by atoms with van der Waals surface area (Å²) in [7, 11) is 1.58. The first-order valence-electron chi connectivity index (χ1n) is 7.91. The van der Waals surface area contributed by atoms with Crippen LogP contribution in [0.15, 0.2) is 70.7 Å². The van der Waals surface area contributed by atoms with Gasteiger partial charge < -0.3 is 9.47 Å². The van der Waals surface area contributed by atoms with Crippen LogP contribution in [0.5, 0.6) is 5.75 Å². The average Bonchev–Trinajstić information content (AvgIpc) is 3.30. The Morgan fingerprint density at radius 1 is 1.08 bits per heavy atom. The van der Waals surface area contributed by atoms with Crippen LogP contribution in [0.1, 0.15) is 11.3 Å². The normalized spacial score (nSPS) is 15.0. The fourth-order valence-corrected chi connectivity index (χ4v) is 3.28. The fraction of sp³-hybridized carbons (Fsp3) is 0.0500. The fourth-order valence-electron chi connectivity index (χ4n) is 2.49. The molecule has 0 bridgehead atoms. The lowest BCUT2D eigenvalue weighted by Gasteiger charge is -2.02. The lowest BCUT2D eigenvalue weighted by atomic mass is 10.2. The van der Waals surface area contributed by atoms with Gasteiger partial charge in [0.2, 0.25) is 5.90 Å². The number of carbonyl (C=O) groups is 1. The molecule has 0 fully saturated rings. The largest absolute Gasteiger partial charge is 0.497 e. The first-order chi connectivity index (χ1) is 12.7. The number of esters is 1. The van der Waals surface area contributed by atoms with Crippen LogP contribution >= 0.6 is 11.3 Å². The van der Waals surface area contributed by atoms with Crippen molar-refractivity contribution in [2.75, 3.05) is 7.11 Å². The number of carbonyl (C=O) groups excluding carboxylic acids is 1. The molecule has 5 nitrogen and oxygen atoms in total. The number of hydrogen-bond acceptors (Lipinski definition) is 6. The second kappa shape index (κ2) is 6.93. The van der Waals surface area contributed by atoms with Gasteiger partial charge in [-0.3, -0.25) is 0 Å². The summed E-state index contributed by atoms with van der Waals surface area (Å²) in [5.41, 5.74) is 2.63. The van der Waals surface area contributed by atoms with Crippen molar-refractivity contribution < 1.29 is 14.3 Å². The number of hydrogen-bond donors (Lipinski definition) is 0. The van der Waals surface area contributed by atoms with E-state index < -0.39 is 5.97 Å². The van der Waals surface area contributed by atoms with E-state index in [0.29, 0.717) is 17.0 Å². The Hall–Kier alpha value is -3.25. The standard InChI is InChI=1S/C20H14N2O3S/c1-24-16-9-5-8-14(10-16)18-22-17(20(23)25-18)11-15-12-26-19(21-15)13-6-3-2-4-7-13/h2-12H,1H3/b17-11+. The molecular weight excluding hydrogens is 348 g/mol. The van der Waals surface area contributed by atoms with Crippen LogP contribution in [-0.2, 0) is 9.53 Å². The van der Waals surface area contributed by atoms with Crippen LogP contribution in [-0.4, -0.2) is 24.0 Å². The Bertz CT molecular complexity index is 1020. The molecule has 3 aromatic rings. The van der Waals surface area contributed by atoms with Crippen LogP contribution in [0, 0.1) is 0 Å². The Kier molecular flexibility index (Phi) is 4.33. The Balaban J connectivity index is 1.62. The third kappa shape index (κ3) is 3.27. The maximum atomic E-state index is 12.1. The molecule has 0 N–H and O–H groups in total. The molecule has 128 valence electrons. The van der Waals surface area contributed by atoms with Gasteiger partial charge in [-0.15, -0.1) is 11.3 Å². The summed E-state index contributed by atoms with van der Waals surface area (Å²) < 4.78 is 10.5. The summed E-state index contributed by atoms with van der Waals surface area (Å²) in [6.45, 7) is 0. The highest BCUT2D eigenvalue weighted by Gasteiger charge is 2.24. The second-order valence-corrected chi connectivity index (χ2v) is 6.37. The van der Waals surface area contributed by atoms with Gasteiger partial charge in [0.05, 0.1) is 12.8 Å². The minimum Gasteiger partial charge on any atom is -0.497 e. The van der Waals surface area contributed by atoms with Gasteiger partial charge in [0.15, 0.2) is 5.70 Å². The van der Waals surface area contributed by atoms with Crippen molar-refractivity contribution in [3.8, 4) is 16.3 Å². The number of rotatable bonds is 4. The number of ether oxygens (including phenoxy) is 2. The number of aromatic nitrogens is 1. The third-order valence-electron chi connectivity index (χ3n) is 3.76. The van der Waals surface area contributed by atoms with E-state index in [-0.39, 0.29) is 11.6 Å². The van der Waals surface area contributed by atoms with Crippen molar-refractivity contribution in [1.29, 1.82) is 0 Å². The van der Waals surface area contributed by atoms with Gasteiger partial charge in [-0.1, -0.05) is 36.4 Å². The molecule has 0 saturated carbocycles. The summed E-state index contributed by atoms with van der Waals surface area (Å²) in [6.07, 6.45) is 1.64. The molecule has 0 radical (unpaired) electrons. The van der Waals surface area contributed by atoms with Gasteiger partial charge in [0, 0.05) is 16.5 Å². The molecule has 0 aliphatic carbocycles. The van der Waals surface area contributed by atoms with Crippen molar-refractivity contribution in [2.24, 2.45) is 4.99 Å². The lowest BCUT2D eigenvalue weighted by Crippen LogP contribution is -2.05. The van der Waals surface area contributed by atoms with E-state index in [9.17, 15) is 4.79 Å². The molecular formula is C20H14N2O3S. The van der Waals surface area contributed by atoms with Crippen LogP contribution in [0.3, 0.4) is 0 Å². The van der Waals surface area contributed by atoms with Crippen molar-refractivity contribution in [2.45, 2.75) is 0 Å². The molecule has 4 rings (SSSR count). The van der Waals surface area contributed by atoms with Gasteiger partial charge in [0.25, 0.3) is 0 Å². The summed E-state index contributed by atoms with van der Waals surface area (Å²) in [4.78, 5) is 21.0. The van der Waals surface area contributed by atoms with Gasteiger partial charge in [-0.2, -0.15) is 0 Å². The first-order valence-corrected chi connectivity index (χ1v) is 8.79. The molecule has 0 atom stereocenters. The van der Waals surface area contributed by atoms with Gasteiger partial charge >= 0.3 is 5.97 Å². The molecule has 6 heteroatoms. The number of aliphatic imine (C=N–C) groups is 1. The molecule has 2 heterocycles. The van der Waals surface area contributed by atoms with Gasteiger partial charge in [0.1, 0.15) is 10.8 Å². The quantitative estimate of drug-likeness (QED) is 0.516. The predicted octanol–water partition coefficient (Wildman–Crippen LogP) is 4.16. The number of methoxy groups -OCH3 is 1. The highest BCUT2D eigenvalue weighted by Crippen LogP contribution is 2.26. The minimum atomic E-state index is -0.489. The predicted molar refractivity (Wildman–Crippen MR) is 101 cm³/mol. The van der Waals surface area contributed by atoms with E-state index in [1.807, 2.05) is 53.9 Å². The van der Waals surface area contributed by atoms with E-state index in [2.05, 4.69) is 9.98 Å². The highest BCUT2D eigenvalue weighted by atomic mass is 32.1. The smallest absolute Gasteiger partial charge is 0.363 e. The number of nitrogens with zero attached hydrogens (tertiary/aromatic N) is 2. The summed E-state index contributed by atoms with van der Waals surface area (Å²) in [6, 6.07) is 17.1. The van der Waals surface area contributed by atoms with Gasteiger partial charge in [-0.05, 0) is 24.3 Å². The molecule has 1 aliphatic rings. The van der Waals surface area contributed by atoms with Crippen molar-refractivity contribution in [1.82, 2.24) is 4.98 Å². The summed E-state index contributed by atoms with van der Waals surface area (Å²) >= 11 is 1.52. The molecule has 0 amide bonds. The van der Waals surface area contributed by atoms with E-state index in [4.69, 9.17) is 9.47 Å². The number of benzene rings is 2. The SMILES string of the molecule is COc1cccc(C2=N/C(=C/c3csc(-c4ccccc4)n3)C(=O)O2)c1. The molecule has 0 unspecified atom stereocenters. The Morgan fingerprint density at radius 3 is 2.69 bits per heavy atom. The molecule has 2 aromatic carbocycles. The van der Waals surface area contributed by atoms with E-state index >= 15 is 0 Å².